The Morgan fingerprint density at radius 1 is 1.31 bits per heavy atom. The highest BCUT2D eigenvalue weighted by Crippen LogP contribution is 2.20. The van der Waals surface area contributed by atoms with Gasteiger partial charge in [0.15, 0.2) is 11.1 Å². The predicted molar refractivity (Wildman–Crippen MR) is 107 cm³/mol. The molecule has 2 amide bonds. The topological polar surface area (TPSA) is 118 Å². The fourth-order valence-corrected chi connectivity index (χ4v) is 3.32. The van der Waals surface area contributed by atoms with Crippen molar-refractivity contribution >= 4 is 28.5 Å². The number of thiazole rings is 1. The van der Waals surface area contributed by atoms with Crippen LogP contribution in [0.5, 0.6) is 0 Å². The predicted octanol–water partition coefficient (Wildman–Crippen LogP) is 2.65. The summed E-state index contributed by atoms with van der Waals surface area (Å²) in [7, 11) is 0. The largest absolute Gasteiger partial charge is 0.375 e. The highest BCUT2D eigenvalue weighted by molar-refractivity contribution is 7.15. The highest BCUT2D eigenvalue weighted by Gasteiger charge is 2.10. The molecular weight excluding hydrogens is 348 g/mol. The van der Waals surface area contributed by atoms with Gasteiger partial charge in [0.1, 0.15) is 0 Å². The summed E-state index contributed by atoms with van der Waals surface area (Å²) in [6.07, 6.45) is 1.65. The number of hydrogen-bond acceptors (Lipinski definition) is 5. The summed E-state index contributed by atoms with van der Waals surface area (Å²) in [5.41, 5.74) is 14.6. The molecule has 26 heavy (non-hydrogen) atoms. The van der Waals surface area contributed by atoms with Crippen molar-refractivity contribution in [1.29, 1.82) is 0 Å². The van der Waals surface area contributed by atoms with E-state index in [4.69, 9.17) is 11.5 Å². The van der Waals surface area contributed by atoms with Crippen LogP contribution in [-0.2, 0) is 6.42 Å². The molecule has 0 aliphatic rings. The van der Waals surface area contributed by atoms with E-state index < -0.39 is 0 Å². The molecular formula is C18H26N6OS. The lowest BCUT2D eigenvalue weighted by Crippen LogP contribution is -2.44. The van der Waals surface area contributed by atoms with E-state index in [-0.39, 0.29) is 18.0 Å². The van der Waals surface area contributed by atoms with E-state index in [0.29, 0.717) is 11.7 Å². The van der Waals surface area contributed by atoms with E-state index in [1.165, 1.54) is 16.9 Å². The van der Waals surface area contributed by atoms with Gasteiger partial charge in [-0.05, 0) is 39.2 Å². The van der Waals surface area contributed by atoms with E-state index in [1.54, 1.807) is 0 Å². The van der Waals surface area contributed by atoms with Crippen LogP contribution in [0, 0.1) is 13.8 Å². The Hall–Kier alpha value is -2.61. The molecule has 1 unspecified atom stereocenters. The average Bonchev–Trinajstić information content (AvgIpc) is 2.89. The number of aliphatic imine (C=N–C) groups is 1. The van der Waals surface area contributed by atoms with Crippen LogP contribution in [0.1, 0.15) is 41.1 Å². The van der Waals surface area contributed by atoms with E-state index in [9.17, 15) is 4.79 Å². The Kier molecular flexibility index (Phi) is 6.97. The van der Waals surface area contributed by atoms with Crippen LogP contribution in [0.3, 0.4) is 0 Å². The Morgan fingerprint density at radius 2 is 2.00 bits per heavy atom. The van der Waals surface area contributed by atoms with Gasteiger partial charge in [0.25, 0.3) is 0 Å². The number of nitrogens with two attached hydrogens (primary N) is 2. The zero-order valence-corrected chi connectivity index (χ0v) is 16.2. The van der Waals surface area contributed by atoms with Crippen molar-refractivity contribution in [1.82, 2.24) is 15.6 Å². The van der Waals surface area contributed by atoms with Gasteiger partial charge in [0.2, 0.25) is 0 Å². The Bertz CT molecular complexity index is 768. The standard InChI is InChI=1S/C18H26N6OS/c1-11-6-8-14(9-7-11)12(2)23-18(25)24-16(19)21-10-4-5-15-13(3)22-17(20)26-15/h6-9,12H,4-5,10H2,1-3H3,(H2,20,22)(H4,19,21,23,24,25). The summed E-state index contributed by atoms with van der Waals surface area (Å²) in [6, 6.07) is 7.52. The van der Waals surface area contributed by atoms with E-state index in [2.05, 4.69) is 20.6 Å². The number of benzene rings is 1. The number of urea groups is 1. The van der Waals surface area contributed by atoms with Crippen LogP contribution in [0.15, 0.2) is 29.3 Å². The number of nitrogen functional groups attached to an aromatic ring is 1. The van der Waals surface area contributed by atoms with E-state index >= 15 is 0 Å². The summed E-state index contributed by atoms with van der Waals surface area (Å²) >= 11 is 1.50. The molecule has 0 spiro atoms. The van der Waals surface area contributed by atoms with Crippen molar-refractivity contribution in [2.24, 2.45) is 10.7 Å². The number of hydrogen-bond donors (Lipinski definition) is 4. The van der Waals surface area contributed by atoms with Crippen LogP contribution in [0.2, 0.25) is 0 Å². The Labute approximate surface area is 157 Å². The molecule has 0 radical (unpaired) electrons. The normalized spacial score (nSPS) is 12.7. The molecule has 2 rings (SSSR count). The molecule has 0 bridgehead atoms. The molecule has 0 aliphatic heterocycles. The third-order valence-electron chi connectivity index (χ3n) is 3.92. The maximum Gasteiger partial charge on any atom is 0.322 e. The van der Waals surface area contributed by atoms with Gasteiger partial charge in [-0.3, -0.25) is 10.3 Å². The Balaban J connectivity index is 1.74. The molecule has 2 aromatic rings. The molecule has 1 aromatic carbocycles. The maximum atomic E-state index is 12.0. The number of nitrogens with zero attached hydrogens (tertiary/aromatic N) is 2. The van der Waals surface area contributed by atoms with Crippen LogP contribution in [0.4, 0.5) is 9.93 Å². The van der Waals surface area contributed by atoms with Crippen LogP contribution in [0.25, 0.3) is 0 Å². The highest BCUT2D eigenvalue weighted by atomic mass is 32.1. The van der Waals surface area contributed by atoms with Gasteiger partial charge in [-0.15, -0.1) is 11.3 Å². The molecule has 1 aromatic heterocycles. The first-order valence-electron chi connectivity index (χ1n) is 8.51. The van der Waals surface area contributed by atoms with Crippen molar-refractivity contribution in [2.45, 2.75) is 39.7 Å². The lowest BCUT2D eigenvalue weighted by Gasteiger charge is -2.15. The van der Waals surface area contributed by atoms with Crippen molar-refractivity contribution in [2.75, 3.05) is 12.3 Å². The molecule has 0 saturated heterocycles. The third kappa shape index (κ3) is 6.03. The van der Waals surface area contributed by atoms with Crippen LogP contribution < -0.4 is 22.1 Å². The SMILES string of the molecule is Cc1ccc(C(C)NC(=O)NC(N)=NCCCc2sc(N)nc2C)cc1. The quantitative estimate of drug-likeness (QED) is 0.353. The summed E-state index contributed by atoms with van der Waals surface area (Å²) in [4.78, 5) is 21.5. The molecule has 6 N–H and O–H groups in total. The second kappa shape index (κ2) is 9.19. The molecule has 1 heterocycles. The van der Waals surface area contributed by atoms with E-state index in [1.807, 2.05) is 45.0 Å². The minimum absolute atomic E-state index is 0.110. The number of anilines is 1. The van der Waals surface area contributed by atoms with Crippen LogP contribution in [-0.4, -0.2) is 23.5 Å². The number of rotatable bonds is 6. The smallest absolute Gasteiger partial charge is 0.322 e. The minimum atomic E-state index is -0.370. The summed E-state index contributed by atoms with van der Waals surface area (Å²) in [5, 5.41) is 5.98. The third-order valence-corrected chi connectivity index (χ3v) is 4.97. The van der Waals surface area contributed by atoms with Gasteiger partial charge in [0, 0.05) is 11.4 Å². The fourth-order valence-electron chi connectivity index (χ4n) is 2.45. The first-order chi connectivity index (χ1) is 12.3. The number of aryl methyl sites for hydroxylation is 3. The lowest BCUT2D eigenvalue weighted by molar-refractivity contribution is 0.242. The van der Waals surface area contributed by atoms with Gasteiger partial charge >= 0.3 is 6.03 Å². The summed E-state index contributed by atoms with van der Waals surface area (Å²) < 4.78 is 0. The van der Waals surface area contributed by atoms with Gasteiger partial charge in [-0.25, -0.2) is 9.78 Å². The second-order valence-electron chi connectivity index (χ2n) is 6.16. The van der Waals surface area contributed by atoms with Crippen molar-refractivity contribution in [3.05, 3.63) is 46.0 Å². The number of aromatic nitrogens is 1. The summed E-state index contributed by atoms with van der Waals surface area (Å²) in [6.45, 7) is 6.41. The molecule has 0 saturated carbocycles. The van der Waals surface area contributed by atoms with Gasteiger partial charge < -0.3 is 16.8 Å². The zero-order valence-electron chi connectivity index (χ0n) is 15.4. The maximum absolute atomic E-state index is 12.0. The first-order valence-corrected chi connectivity index (χ1v) is 9.32. The van der Waals surface area contributed by atoms with Crippen molar-refractivity contribution in [3.8, 4) is 0 Å². The Morgan fingerprint density at radius 3 is 2.62 bits per heavy atom. The number of guanidine groups is 1. The van der Waals surface area contributed by atoms with Gasteiger partial charge in [0.05, 0.1) is 11.7 Å². The molecule has 140 valence electrons. The van der Waals surface area contributed by atoms with Gasteiger partial charge in [-0.1, -0.05) is 29.8 Å². The first kappa shape index (κ1) is 19.7. The lowest BCUT2D eigenvalue weighted by atomic mass is 10.1. The minimum Gasteiger partial charge on any atom is -0.375 e. The van der Waals surface area contributed by atoms with Crippen molar-refractivity contribution < 1.29 is 4.79 Å². The van der Waals surface area contributed by atoms with Gasteiger partial charge in [-0.2, -0.15) is 0 Å². The van der Waals surface area contributed by atoms with E-state index in [0.717, 1.165) is 29.0 Å². The number of carbonyl (C=O) groups is 1. The molecule has 0 fully saturated rings. The van der Waals surface area contributed by atoms with Crippen LogP contribution >= 0.6 is 11.3 Å². The number of carbonyl (C=O) groups excluding carboxylic acids is 1. The van der Waals surface area contributed by atoms with Crippen molar-refractivity contribution in [3.63, 3.8) is 0 Å². The zero-order chi connectivity index (χ0) is 19.1. The monoisotopic (exact) mass is 374 g/mol. The molecule has 7 nitrogen and oxygen atoms in total. The molecule has 0 aliphatic carbocycles. The number of amides is 2. The molecule has 1 atom stereocenters. The second-order valence-corrected chi connectivity index (χ2v) is 7.28. The summed E-state index contributed by atoms with van der Waals surface area (Å²) in [5.74, 6) is 0.110. The number of nitrogens with one attached hydrogen (secondary N) is 2. The fraction of sp³-hybridized carbons (Fsp3) is 0.389. The average molecular weight is 375 g/mol. The molecule has 8 heteroatoms.